The minimum atomic E-state index is -0.0263. The van der Waals surface area contributed by atoms with Crippen LogP contribution in [0.3, 0.4) is 0 Å². The Morgan fingerprint density at radius 2 is 1.71 bits per heavy atom. The molecule has 1 heterocycles. The first-order valence-corrected chi connectivity index (χ1v) is 10.9. The Morgan fingerprint density at radius 1 is 1.00 bits per heavy atom. The average Bonchev–Trinajstić information content (AvgIpc) is 3.25. The number of nitrogens with zero attached hydrogens (tertiary/aromatic N) is 2. The van der Waals surface area contributed by atoms with E-state index >= 15 is 0 Å². The van der Waals surface area contributed by atoms with Crippen LogP contribution in [-0.4, -0.2) is 28.6 Å². The molecule has 0 spiro atoms. The predicted octanol–water partition coefficient (Wildman–Crippen LogP) is 5.05. The summed E-state index contributed by atoms with van der Waals surface area (Å²) >= 11 is 0. The standard InChI is InChI=1S/C25H32N4O2/c1-17(2)19-10-12-20(13-11-19)25-28-24(31-29-25)15-14-23(30)26-16-22(18(3)4)27-21-8-6-5-7-9-21/h5-13,17-18,22,27H,14-16H2,1-4H3,(H,26,30). The van der Waals surface area contributed by atoms with Crippen LogP contribution in [-0.2, 0) is 11.2 Å². The number of rotatable bonds is 10. The summed E-state index contributed by atoms with van der Waals surface area (Å²) < 4.78 is 5.34. The normalized spacial score (nSPS) is 12.2. The highest BCUT2D eigenvalue weighted by atomic mass is 16.5. The molecule has 1 aromatic heterocycles. The second-order valence-electron chi connectivity index (χ2n) is 8.45. The molecule has 0 aliphatic heterocycles. The van der Waals surface area contributed by atoms with Crippen molar-refractivity contribution >= 4 is 11.6 Å². The monoisotopic (exact) mass is 420 g/mol. The zero-order chi connectivity index (χ0) is 22.2. The summed E-state index contributed by atoms with van der Waals surface area (Å²) in [4.78, 5) is 16.8. The fourth-order valence-corrected chi connectivity index (χ4v) is 3.23. The Balaban J connectivity index is 1.48. The van der Waals surface area contributed by atoms with E-state index in [1.165, 1.54) is 5.56 Å². The van der Waals surface area contributed by atoms with Crippen LogP contribution in [0, 0.1) is 5.92 Å². The summed E-state index contributed by atoms with van der Waals surface area (Å²) in [5.41, 5.74) is 3.23. The number of hydrogen-bond acceptors (Lipinski definition) is 5. The van der Waals surface area contributed by atoms with Crippen molar-refractivity contribution < 1.29 is 9.32 Å². The van der Waals surface area contributed by atoms with Crippen molar-refractivity contribution in [3.8, 4) is 11.4 Å². The molecule has 0 saturated heterocycles. The molecule has 0 radical (unpaired) electrons. The molecular formula is C25H32N4O2. The molecule has 1 unspecified atom stereocenters. The van der Waals surface area contributed by atoms with Gasteiger partial charge in [-0.1, -0.05) is 75.3 Å². The maximum Gasteiger partial charge on any atom is 0.227 e. The van der Waals surface area contributed by atoms with E-state index in [-0.39, 0.29) is 11.9 Å². The van der Waals surface area contributed by atoms with E-state index < -0.39 is 0 Å². The topological polar surface area (TPSA) is 80.0 Å². The molecule has 6 nitrogen and oxygen atoms in total. The molecule has 3 aromatic rings. The maximum absolute atomic E-state index is 12.3. The number of aromatic nitrogens is 2. The smallest absolute Gasteiger partial charge is 0.227 e. The second kappa shape index (κ2) is 10.8. The molecule has 2 N–H and O–H groups in total. The molecule has 31 heavy (non-hydrogen) atoms. The van der Waals surface area contributed by atoms with Gasteiger partial charge < -0.3 is 15.2 Å². The zero-order valence-electron chi connectivity index (χ0n) is 18.8. The minimum absolute atomic E-state index is 0.0263. The third-order valence-corrected chi connectivity index (χ3v) is 5.32. The third-order valence-electron chi connectivity index (χ3n) is 5.32. The summed E-state index contributed by atoms with van der Waals surface area (Å²) in [5, 5.41) is 10.6. The number of benzene rings is 2. The molecular weight excluding hydrogens is 388 g/mol. The van der Waals surface area contributed by atoms with Crippen molar-refractivity contribution in [3.63, 3.8) is 0 Å². The second-order valence-corrected chi connectivity index (χ2v) is 8.45. The first kappa shape index (κ1) is 22.5. The van der Waals surface area contributed by atoms with Crippen molar-refractivity contribution in [2.75, 3.05) is 11.9 Å². The van der Waals surface area contributed by atoms with E-state index in [9.17, 15) is 4.79 Å². The number of aryl methyl sites for hydroxylation is 1. The van der Waals surface area contributed by atoms with Crippen LogP contribution < -0.4 is 10.6 Å². The lowest BCUT2D eigenvalue weighted by Crippen LogP contribution is -2.39. The lowest BCUT2D eigenvalue weighted by atomic mass is 10.0. The summed E-state index contributed by atoms with van der Waals surface area (Å²) in [6.45, 7) is 9.16. The van der Waals surface area contributed by atoms with Crippen LogP contribution in [0.15, 0.2) is 59.1 Å². The average molecular weight is 421 g/mol. The van der Waals surface area contributed by atoms with Crippen LogP contribution in [0.5, 0.6) is 0 Å². The van der Waals surface area contributed by atoms with E-state index in [0.717, 1.165) is 11.3 Å². The van der Waals surface area contributed by atoms with Gasteiger partial charge in [0.15, 0.2) is 0 Å². The number of para-hydroxylation sites is 1. The molecule has 0 aliphatic rings. The Kier molecular flexibility index (Phi) is 7.82. The summed E-state index contributed by atoms with van der Waals surface area (Å²) in [6.07, 6.45) is 0.728. The number of hydrogen-bond donors (Lipinski definition) is 2. The summed E-state index contributed by atoms with van der Waals surface area (Å²) in [7, 11) is 0. The highest BCUT2D eigenvalue weighted by Crippen LogP contribution is 2.20. The SMILES string of the molecule is CC(C)c1ccc(-c2noc(CCC(=O)NCC(Nc3ccccc3)C(C)C)n2)cc1. The highest BCUT2D eigenvalue weighted by Gasteiger charge is 2.16. The quantitative estimate of drug-likeness (QED) is 0.480. The van der Waals surface area contributed by atoms with Gasteiger partial charge in [0.1, 0.15) is 0 Å². The maximum atomic E-state index is 12.3. The van der Waals surface area contributed by atoms with Crippen molar-refractivity contribution in [2.45, 2.75) is 52.5 Å². The molecule has 2 aromatic carbocycles. The van der Waals surface area contributed by atoms with Crippen LogP contribution in [0.4, 0.5) is 5.69 Å². The third kappa shape index (κ3) is 6.67. The Morgan fingerprint density at radius 3 is 2.35 bits per heavy atom. The fourth-order valence-electron chi connectivity index (χ4n) is 3.23. The lowest BCUT2D eigenvalue weighted by Gasteiger charge is -2.24. The number of anilines is 1. The van der Waals surface area contributed by atoms with E-state index in [1.807, 2.05) is 42.5 Å². The Hall–Kier alpha value is -3.15. The van der Waals surface area contributed by atoms with Gasteiger partial charge in [-0.2, -0.15) is 4.98 Å². The molecule has 1 amide bonds. The largest absolute Gasteiger partial charge is 0.380 e. The van der Waals surface area contributed by atoms with E-state index in [0.29, 0.717) is 42.9 Å². The zero-order valence-corrected chi connectivity index (χ0v) is 18.8. The van der Waals surface area contributed by atoms with Crippen LogP contribution >= 0.6 is 0 Å². The van der Waals surface area contributed by atoms with Gasteiger partial charge in [0.05, 0.1) is 0 Å². The molecule has 0 bridgehead atoms. The summed E-state index contributed by atoms with van der Waals surface area (Å²) in [5.74, 6) is 1.85. The number of carbonyl (C=O) groups excluding carboxylic acids is 1. The molecule has 0 aliphatic carbocycles. The number of nitrogens with one attached hydrogen (secondary N) is 2. The van der Waals surface area contributed by atoms with Crippen molar-refractivity contribution in [1.29, 1.82) is 0 Å². The van der Waals surface area contributed by atoms with Gasteiger partial charge in [-0.05, 0) is 29.5 Å². The fraction of sp³-hybridized carbons (Fsp3) is 0.400. The van der Waals surface area contributed by atoms with E-state index in [1.54, 1.807) is 0 Å². The van der Waals surface area contributed by atoms with Gasteiger partial charge in [-0.3, -0.25) is 4.79 Å². The Bertz CT molecular complexity index is 949. The first-order chi connectivity index (χ1) is 14.9. The minimum Gasteiger partial charge on any atom is -0.380 e. The van der Waals surface area contributed by atoms with Gasteiger partial charge in [-0.25, -0.2) is 0 Å². The first-order valence-electron chi connectivity index (χ1n) is 10.9. The van der Waals surface area contributed by atoms with E-state index in [4.69, 9.17) is 4.52 Å². The molecule has 0 saturated carbocycles. The highest BCUT2D eigenvalue weighted by molar-refractivity contribution is 5.76. The van der Waals surface area contributed by atoms with Crippen molar-refractivity contribution in [1.82, 2.24) is 15.5 Å². The Labute approximate surface area is 184 Å². The molecule has 6 heteroatoms. The van der Waals surface area contributed by atoms with Crippen LogP contribution in [0.25, 0.3) is 11.4 Å². The lowest BCUT2D eigenvalue weighted by molar-refractivity contribution is -0.121. The van der Waals surface area contributed by atoms with Crippen LogP contribution in [0.1, 0.15) is 51.5 Å². The van der Waals surface area contributed by atoms with Gasteiger partial charge >= 0.3 is 0 Å². The molecule has 1 atom stereocenters. The van der Waals surface area contributed by atoms with Gasteiger partial charge in [0, 0.05) is 36.7 Å². The number of amides is 1. The predicted molar refractivity (Wildman–Crippen MR) is 124 cm³/mol. The molecule has 164 valence electrons. The van der Waals surface area contributed by atoms with Crippen LogP contribution in [0.2, 0.25) is 0 Å². The van der Waals surface area contributed by atoms with Gasteiger partial charge in [-0.15, -0.1) is 0 Å². The van der Waals surface area contributed by atoms with Gasteiger partial charge in [0.25, 0.3) is 0 Å². The summed E-state index contributed by atoms with van der Waals surface area (Å²) in [6, 6.07) is 18.4. The van der Waals surface area contributed by atoms with Crippen molar-refractivity contribution in [2.24, 2.45) is 5.92 Å². The van der Waals surface area contributed by atoms with Gasteiger partial charge in [0.2, 0.25) is 17.6 Å². The molecule has 0 fully saturated rings. The van der Waals surface area contributed by atoms with Crippen molar-refractivity contribution in [3.05, 3.63) is 66.1 Å². The van der Waals surface area contributed by atoms with E-state index in [2.05, 4.69) is 60.6 Å². The molecule has 3 rings (SSSR count). The number of carbonyl (C=O) groups is 1.